The van der Waals surface area contributed by atoms with Crippen LogP contribution in [0.1, 0.15) is 27.7 Å². The van der Waals surface area contributed by atoms with Gasteiger partial charge in [0.05, 0.1) is 19.0 Å². The van der Waals surface area contributed by atoms with E-state index in [1.54, 1.807) is 0 Å². The van der Waals surface area contributed by atoms with Gasteiger partial charge in [-0.2, -0.15) is 0 Å². The number of aromatic carboxylic acids is 1. The van der Waals surface area contributed by atoms with Crippen molar-refractivity contribution in [1.82, 2.24) is 9.97 Å². The van der Waals surface area contributed by atoms with Gasteiger partial charge in [0.25, 0.3) is 0 Å². The second-order valence-electron chi connectivity index (χ2n) is 4.47. The zero-order chi connectivity index (χ0) is 13.9. The summed E-state index contributed by atoms with van der Waals surface area (Å²) in [6, 6.07) is 8.08. The average Bonchev–Trinajstić information content (AvgIpc) is 2.89. The molecule has 1 aromatic carbocycles. The first kappa shape index (κ1) is 12.6. The molecule has 2 N–H and O–H groups in total. The van der Waals surface area contributed by atoms with E-state index in [-0.39, 0.29) is 11.8 Å². The van der Waals surface area contributed by atoms with E-state index < -0.39 is 5.97 Å². The van der Waals surface area contributed by atoms with E-state index in [0.717, 1.165) is 0 Å². The van der Waals surface area contributed by atoms with Gasteiger partial charge in [-0.15, -0.1) is 0 Å². The number of carboxylic acid groups (broad SMARTS) is 1. The largest absolute Gasteiger partial charge is 0.476 e. The summed E-state index contributed by atoms with van der Waals surface area (Å²) in [5.41, 5.74) is 2.31. The first-order valence-corrected chi connectivity index (χ1v) is 6.22. The van der Waals surface area contributed by atoms with Gasteiger partial charge in [0.15, 0.2) is 5.69 Å². The predicted molar refractivity (Wildman–Crippen MR) is 71.5 cm³/mol. The molecule has 0 saturated carbocycles. The van der Waals surface area contributed by atoms with E-state index in [0.29, 0.717) is 19.0 Å². The second-order valence-corrected chi connectivity index (χ2v) is 4.47. The van der Waals surface area contributed by atoms with Crippen LogP contribution in [0.3, 0.4) is 0 Å². The highest BCUT2D eigenvalue weighted by molar-refractivity contribution is 5.84. The lowest BCUT2D eigenvalue weighted by molar-refractivity contribution is 0.0689. The van der Waals surface area contributed by atoms with Gasteiger partial charge in [-0.25, -0.2) is 14.8 Å². The summed E-state index contributed by atoms with van der Waals surface area (Å²) in [6.45, 7) is 1.18. The van der Waals surface area contributed by atoms with Crippen LogP contribution in [-0.4, -0.2) is 27.6 Å². The van der Waals surface area contributed by atoms with Crippen LogP contribution in [-0.2, 0) is 11.3 Å². The van der Waals surface area contributed by atoms with Gasteiger partial charge in [0.1, 0.15) is 11.9 Å². The van der Waals surface area contributed by atoms with Crippen LogP contribution in [0.5, 0.6) is 0 Å². The number of rotatable bonds is 4. The number of carbonyl (C=O) groups is 1. The molecule has 6 nitrogen and oxygen atoms in total. The van der Waals surface area contributed by atoms with E-state index in [9.17, 15) is 4.79 Å². The molecule has 3 rings (SSSR count). The molecule has 1 aliphatic rings. The van der Waals surface area contributed by atoms with Gasteiger partial charge >= 0.3 is 5.97 Å². The summed E-state index contributed by atoms with van der Waals surface area (Å²) in [5, 5.41) is 11.8. The van der Waals surface area contributed by atoms with Crippen LogP contribution in [0.15, 0.2) is 36.7 Å². The Morgan fingerprint density at radius 3 is 2.95 bits per heavy atom. The van der Waals surface area contributed by atoms with Gasteiger partial charge in [0.2, 0.25) is 0 Å². The molecular formula is C14H13N3O3. The molecule has 2 aromatic rings. The Labute approximate surface area is 115 Å². The van der Waals surface area contributed by atoms with Gasteiger partial charge in [0, 0.05) is 6.54 Å². The predicted octanol–water partition coefficient (Wildman–Crippen LogP) is 1.86. The Morgan fingerprint density at radius 2 is 2.20 bits per heavy atom. The van der Waals surface area contributed by atoms with Crippen LogP contribution in [0.25, 0.3) is 0 Å². The fourth-order valence-corrected chi connectivity index (χ4v) is 2.16. The zero-order valence-corrected chi connectivity index (χ0v) is 10.6. The van der Waals surface area contributed by atoms with Crippen LogP contribution in [0.2, 0.25) is 0 Å². The number of hydrogen-bond donors (Lipinski definition) is 2. The molecule has 2 heterocycles. The van der Waals surface area contributed by atoms with Gasteiger partial charge < -0.3 is 15.2 Å². The highest BCUT2D eigenvalue weighted by atomic mass is 16.5. The lowest BCUT2D eigenvalue weighted by Crippen LogP contribution is -2.13. The summed E-state index contributed by atoms with van der Waals surface area (Å²) >= 11 is 0. The molecular weight excluding hydrogens is 258 g/mol. The van der Waals surface area contributed by atoms with Crippen molar-refractivity contribution in [3.05, 3.63) is 53.5 Å². The van der Waals surface area contributed by atoms with Crippen molar-refractivity contribution in [2.75, 3.05) is 11.9 Å². The van der Waals surface area contributed by atoms with Crippen molar-refractivity contribution >= 4 is 11.8 Å². The molecule has 1 aliphatic heterocycles. The zero-order valence-electron chi connectivity index (χ0n) is 10.6. The van der Waals surface area contributed by atoms with Crippen LogP contribution < -0.4 is 5.32 Å². The normalized spacial score (nSPS) is 16.7. The van der Waals surface area contributed by atoms with E-state index >= 15 is 0 Å². The number of carboxylic acids is 1. The summed E-state index contributed by atoms with van der Waals surface area (Å²) in [5.74, 6) is -0.555. The molecule has 0 spiro atoms. The van der Waals surface area contributed by atoms with Gasteiger partial charge in [-0.05, 0) is 11.1 Å². The van der Waals surface area contributed by atoms with Crippen molar-refractivity contribution in [2.24, 2.45) is 0 Å². The van der Waals surface area contributed by atoms with Crippen molar-refractivity contribution < 1.29 is 14.6 Å². The molecule has 1 unspecified atom stereocenters. The molecule has 0 saturated heterocycles. The number of aromatic nitrogens is 2. The highest BCUT2D eigenvalue weighted by Gasteiger charge is 2.22. The summed E-state index contributed by atoms with van der Waals surface area (Å²) in [7, 11) is 0. The maximum absolute atomic E-state index is 10.7. The Kier molecular flexibility index (Phi) is 3.30. The number of ether oxygens (including phenoxy) is 1. The van der Waals surface area contributed by atoms with Crippen molar-refractivity contribution in [3.63, 3.8) is 0 Å². The molecule has 102 valence electrons. The first-order chi connectivity index (χ1) is 9.74. The Morgan fingerprint density at radius 1 is 1.35 bits per heavy atom. The Bertz CT molecular complexity index is 628. The molecule has 0 aliphatic carbocycles. The highest BCUT2D eigenvalue weighted by Crippen LogP contribution is 2.30. The lowest BCUT2D eigenvalue weighted by Gasteiger charge is -2.12. The van der Waals surface area contributed by atoms with Crippen molar-refractivity contribution in [1.29, 1.82) is 0 Å². The van der Waals surface area contributed by atoms with E-state index in [4.69, 9.17) is 9.84 Å². The maximum atomic E-state index is 10.7. The SMILES string of the molecule is O=C(O)c1cnc(NCC2OCc3ccccc32)cn1. The van der Waals surface area contributed by atoms with Crippen LogP contribution in [0, 0.1) is 0 Å². The average molecular weight is 271 g/mol. The first-order valence-electron chi connectivity index (χ1n) is 6.22. The number of anilines is 1. The second kappa shape index (κ2) is 5.26. The lowest BCUT2D eigenvalue weighted by atomic mass is 10.1. The number of fused-ring (bicyclic) bond motifs is 1. The smallest absolute Gasteiger partial charge is 0.356 e. The van der Waals surface area contributed by atoms with E-state index in [1.165, 1.54) is 23.5 Å². The third-order valence-corrected chi connectivity index (χ3v) is 3.18. The fourth-order valence-electron chi connectivity index (χ4n) is 2.16. The molecule has 0 fully saturated rings. The minimum atomic E-state index is -1.09. The molecule has 0 amide bonds. The van der Waals surface area contributed by atoms with Crippen LogP contribution in [0.4, 0.5) is 5.82 Å². The number of benzene rings is 1. The number of nitrogens with one attached hydrogen (secondary N) is 1. The monoisotopic (exact) mass is 271 g/mol. The third-order valence-electron chi connectivity index (χ3n) is 3.18. The summed E-state index contributed by atoms with van der Waals surface area (Å²) < 4.78 is 5.70. The number of hydrogen-bond acceptors (Lipinski definition) is 5. The molecule has 1 aromatic heterocycles. The minimum Gasteiger partial charge on any atom is -0.476 e. The standard InChI is InChI=1S/C14H13N3O3/c18-14(19)11-5-16-13(7-15-11)17-6-12-10-4-2-1-3-9(10)8-20-12/h1-5,7,12H,6,8H2,(H,16,17)(H,18,19). The molecule has 0 radical (unpaired) electrons. The molecule has 6 heteroatoms. The van der Waals surface area contributed by atoms with E-state index in [2.05, 4.69) is 21.4 Å². The number of nitrogens with zero attached hydrogens (tertiary/aromatic N) is 2. The minimum absolute atomic E-state index is 0.0212. The third kappa shape index (κ3) is 2.46. The summed E-state index contributed by atoms with van der Waals surface area (Å²) in [4.78, 5) is 18.5. The Hall–Kier alpha value is -2.47. The van der Waals surface area contributed by atoms with Gasteiger partial charge in [-0.1, -0.05) is 24.3 Å². The van der Waals surface area contributed by atoms with Crippen molar-refractivity contribution in [3.8, 4) is 0 Å². The van der Waals surface area contributed by atoms with E-state index in [1.807, 2.05) is 18.2 Å². The summed E-state index contributed by atoms with van der Waals surface area (Å²) in [6.07, 6.45) is 2.62. The molecule has 0 bridgehead atoms. The van der Waals surface area contributed by atoms with Crippen molar-refractivity contribution in [2.45, 2.75) is 12.7 Å². The quantitative estimate of drug-likeness (QED) is 0.883. The Balaban J connectivity index is 1.64. The van der Waals surface area contributed by atoms with Gasteiger partial charge in [-0.3, -0.25) is 0 Å². The fraction of sp³-hybridized carbons (Fsp3) is 0.214. The molecule has 1 atom stereocenters. The molecule has 20 heavy (non-hydrogen) atoms. The van der Waals surface area contributed by atoms with Crippen LogP contribution >= 0.6 is 0 Å². The maximum Gasteiger partial charge on any atom is 0.356 e. The topological polar surface area (TPSA) is 84.3 Å².